The molecule has 25 heavy (non-hydrogen) atoms. The predicted octanol–water partition coefficient (Wildman–Crippen LogP) is 3.29. The number of halogens is 1. The van der Waals surface area contributed by atoms with Gasteiger partial charge in [0.2, 0.25) is 0 Å². The average molecular weight is 338 g/mol. The van der Waals surface area contributed by atoms with E-state index in [0.717, 1.165) is 12.8 Å². The van der Waals surface area contributed by atoms with Gasteiger partial charge in [-0.1, -0.05) is 0 Å². The van der Waals surface area contributed by atoms with Crippen LogP contribution in [0, 0.1) is 5.82 Å². The van der Waals surface area contributed by atoms with Crippen LogP contribution in [-0.4, -0.2) is 38.0 Å². The van der Waals surface area contributed by atoms with Crippen LogP contribution in [0.1, 0.15) is 29.2 Å². The molecule has 128 valence electrons. The highest BCUT2D eigenvalue weighted by Crippen LogP contribution is 2.23. The van der Waals surface area contributed by atoms with E-state index in [2.05, 4.69) is 4.98 Å². The standard InChI is InChI=1S/C19H19FN4O/c20-17-12-15(5-6-18(17)22-8-1-2-9-22)19(25)23-10-3-4-16(13-23)24-11-7-21-14-24/h1-2,5-9,11-12,14,16H,3-4,10,13H2/t16-/m1/s1. The van der Waals surface area contributed by atoms with Gasteiger partial charge in [-0.2, -0.15) is 0 Å². The van der Waals surface area contributed by atoms with E-state index < -0.39 is 5.82 Å². The summed E-state index contributed by atoms with van der Waals surface area (Å²) in [5.74, 6) is -0.520. The minimum Gasteiger partial charge on any atom is -0.337 e. The lowest BCUT2D eigenvalue weighted by molar-refractivity contribution is 0.0679. The van der Waals surface area contributed by atoms with Crippen molar-refractivity contribution in [2.75, 3.05) is 13.1 Å². The smallest absolute Gasteiger partial charge is 0.254 e. The van der Waals surface area contributed by atoms with Gasteiger partial charge >= 0.3 is 0 Å². The molecule has 1 fully saturated rings. The first-order chi connectivity index (χ1) is 12.2. The molecule has 1 atom stereocenters. The van der Waals surface area contributed by atoms with Crippen molar-refractivity contribution in [1.82, 2.24) is 19.0 Å². The molecule has 1 saturated heterocycles. The topological polar surface area (TPSA) is 43.1 Å². The van der Waals surface area contributed by atoms with Crippen LogP contribution in [0.25, 0.3) is 5.69 Å². The number of hydrogen-bond donors (Lipinski definition) is 0. The molecule has 1 aliphatic rings. The van der Waals surface area contributed by atoms with Crippen molar-refractivity contribution in [3.05, 3.63) is 72.8 Å². The molecule has 5 nitrogen and oxygen atoms in total. The highest BCUT2D eigenvalue weighted by molar-refractivity contribution is 5.94. The van der Waals surface area contributed by atoms with Crippen LogP contribution >= 0.6 is 0 Å². The Hall–Kier alpha value is -2.89. The van der Waals surface area contributed by atoms with E-state index in [1.807, 2.05) is 22.9 Å². The van der Waals surface area contributed by atoms with Gasteiger partial charge in [-0.25, -0.2) is 9.37 Å². The number of amides is 1. The molecule has 0 aliphatic carbocycles. The van der Waals surface area contributed by atoms with Gasteiger partial charge in [0.25, 0.3) is 5.91 Å². The second-order valence-corrected chi connectivity index (χ2v) is 6.31. The zero-order valence-electron chi connectivity index (χ0n) is 13.8. The Morgan fingerprint density at radius 3 is 2.76 bits per heavy atom. The van der Waals surface area contributed by atoms with E-state index in [-0.39, 0.29) is 11.9 Å². The number of likely N-dealkylation sites (tertiary alicyclic amines) is 1. The number of benzene rings is 1. The minimum atomic E-state index is -0.398. The average Bonchev–Trinajstić information content (AvgIpc) is 3.35. The first-order valence-electron chi connectivity index (χ1n) is 8.42. The van der Waals surface area contributed by atoms with Crippen LogP contribution < -0.4 is 0 Å². The molecular formula is C19H19FN4O. The normalized spacial score (nSPS) is 17.6. The highest BCUT2D eigenvalue weighted by Gasteiger charge is 2.25. The van der Waals surface area contributed by atoms with E-state index in [1.54, 1.807) is 46.5 Å². The fourth-order valence-corrected chi connectivity index (χ4v) is 3.39. The lowest BCUT2D eigenvalue weighted by atomic mass is 10.0. The van der Waals surface area contributed by atoms with Crippen molar-refractivity contribution in [2.24, 2.45) is 0 Å². The molecule has 1 aromatic carbocycles. The summed E-state index contributed by atoms with van der Waals surface area (Å²) in [5, 5.41) is 0. The molecule has 0 spiro atoms. The lowest BCUT2D eigenvalue weighted by Crippen LogP contribution is -2.40. The van der Waals surface area contributed by atoms with Crippen molar-refractivity contribution in [1.29, 1.82) is 0 Å². The van der Waals surface area contributed by atoms with Crippen molar-refractivity contribution in [2.45, 2.75) is 18.9 Å². The Balaban J connectivity index is 1.53. The third-order valence-corrected chi connectivity index (χ3v) is 4.71. The molecule has 0 saturated carbocycles. The summed E-state index contributed by atoms with van der Waals surface area (Å²) in [6.07, 6.45) is 10.9. The van der Waals surface area contributed by atoms with Gasteiger partial charge in [0.1, 0.15) is 5.82 Å². The van der Waals surface area contributed by atoms with Gasteiger partial charge in [-0.05, 0) is 43.2 Å². The third-order valence-electron chi connectivity index (χ3n) is 4.71. The number of piperidine rings is 1. The summed E-state index contributed by atoms with van der Waals surface area (Å²) in [4.78, 5) is 18.7. The van der Waals surface area contributed by atoms with Crippen LogP contribution in [0.5, 0.6) is 0 Å². The van der Waals surface area contributed by atoms with Gasteiger partial charge in [-0.15, -0.1) is 0 Å². The Labute approximate surface area is 145 Å². The predicted molar refractivity (Wildman–Crippen MR) is 92.1 cm³/mol. The Kier molecular flexibility index (Phi) is 4.09. The summed E-state index contributed by atoms with van der Waals surface area (Å²) < 4.78 is 18.2. The number of carbonyl (C=O) groups excluding carboxylic acids is 1. The number of nitrogens with zero attached hydrogens (tertiary/aromatic N) is 4. The molecule has 4 rings (SSSR count). The second kappa shape index (κ2) is 6.55. The second-order valence-electron chi connectivity index (χ2n) is 6.31. The first kappa shape index (κ1) is 15.6. The summed E-state index contributed by atoms with van der Waals surface area (Å²) in [7, 11) is 0. The third kappa shape index (κ3) is 3.07. The maximum Gasteiger partial charge on any atom is 0.254 e. The maximum absolute atomic E-state index is 14.4. The fourth-order valence-electron chi connectivity index (χ4n) is 3.39. The van der Waals surface area contributed by atoms with E-state index in [1.165, 1.54) is 6.07 Å². The van der Waals surface area contributed by atoms with Crippen LogP contribution in [0.2, 0.25) is 0 Å². The van der Waals surface area contributed by atoms with Gasteiger partial charge in [0.15, 0.2) is 0 Å². The monoisotopic (exact) mass is 338 g/mol. The summed E-state index contributed by atoms with van der Waals surface area (Å²) in [5.41, 5.74) is 0.830. The Bertz CT molecular complexity index is 858. The highest BCUT2D eigenvalue weighted by atomic mass is 19.1. The summed E-state index contributed by atoms with van der Waals surface area (Å²) >= 11 is 0. The zero-order valence-corrected chi connectivity index (χ0v) is 13.8. The van der Waals surface area contributed by atoms with Crippen molar-refractivity contribution in [3.8, 4) is 5.69 Å². The van der Waals surface area contributed by atoms with Crippen LogP contribution in [0.15, 0.2) is 61.4 Å². The number of carbonyl (C=O) groups is 1. The van der Waals surface area contributed by atoms with Crippen molar-refractivity contribution < 1.29 is 9.18 Å². The zero-order chi connectivity index (χ0) is 17.2. The number of imidazole rings is 1. The lowest BCUT2D eigenvalue weighted by Gasteiger charge is -2.33. The van der Waals surface area contributed by atoms with Gasteiger partial charge in [0, 0.05) is 43.4 Å². The number of aromatic nitrogens is 3. The van der Waals surface area contributed by atoms with E-state index in [0.29, 0.717) is 24.3 Å². The Morgan fingerprint density at radius 2 is 2.04 bits per heavy atom. The van der Waals surface area contributed by atoms with Crippen molar-refractivity contribution >= 4 is 5.91 Å². The number of rotatable bonds is 3. The maximum atomic E-state index is 14.4. The minimum absolute atomic E-state index is 0.122. The molecule has 3 heterocycles. The van der Waals surface area contributed by atoms with E-state index >= 15 is 0 Å². The summed E-state index contributed by atoms with van der Waals surface area (Å²) in [6.45, 7) is 1.32. The van der Waals surface area contributed by atoms with Crippen molar-refractivity contribution in [3.63, 3.8) is 0 Å². The molecule has 0 radical (unpaired) electrons. The molecule has 3 aromatic rings. The van der Waals surface area contributed by atoms with Crippen LogP contribution in [0.3, 0.4) is 0 Å². The molecule has 0 N–H and O–H groups in total. The van der Waals surface area contributed by atoms with Crippen LogP contribution in [0.4, 0.5) is 4.39 Å². The largest absolute Gasteiger partial charge is 0.337 e. The summed E-state index contributed by atoms with van der Waals surface area (Å²) in [6, 6.07) is 8.58. The molecule has 0 bridgehead atoms. The van der Waals surface area contributed by atoms with E-state index in [9.17, 15) is 9.18 Å². The van der Waals surface area contributed by atoms with E-state index in [4.69, 9.17) is 0 Å². The Morgan fingerprint density at radius 1 is 1.20 bits per heavy atom. The van der Waals surface area contributed by atoms with Gasteiger partial charge < -0.3 is 14.0 Å². The molecule has 1 amide bonds. The number of hydrogen-bond acceptors (Lipinski definition) is 2. The first-order valence-corrected chi connectivity index (χ1v) is 8.42. The molecular weight excluding hydrogens is 319 g/mol. The molecule has 0 unspecified atom stereocenters. The van der Waals surface area contributed by atoms with Crippen LogP contribution in [-0.2, 0) is 0 Å². The molecule has 6 heteroatoms. The van der Waals surface area contributed by atoms with Gasteiger partial charge in [0.05, 0.1) is 18.1 Å². The SMILES string of the molecule is O=C(c1ccc(-n2cccc2)c(F)c1)N1CCC[C@@H](n2ccnc2)C1. The fraction of sp³-hybridized carbons (Fsp3) is 0.263. The molecule has 1 aliphatic heterocycles. The molecule has 2 aromatic heterocycles. The quantitative estimate of drug-likeness (QED) is 0.735. The van der Waals surface area contributed by atoms with Gasteiger partial charge in [-0.3, -0.25) is 4.79 Å².